The number of nitrogens with one attached hydrogen (secondary N) is 1. The molecule has 2 N–H and O–H groups in total. The van der Waals surface area contributed by atoms with E-state index >= 15 is 0 Å². The summed E-state index contributed by atoms with van der Waals surface area (Å²) in [6, 6.07) is 9.97. The molecule has 1 saturated heterocycles. The highest BCUT2D eigenvalue weighted by Gasteiger charge is 2.26. The van der Waals surface area contributed by atoms with Crippen LogP contribution in [-0.4, -0.2) is 50.0 Å². The molecule has 1 aliphatic rings. The standard InChI is InChI=1S/C13H18N2O3/c16-8-6-14-13(17)12-10-15(7-9-18-12)11-4-2-1-3-5-11/h1-5,12,16H,6-10H2,(H,14,17)/t12-/m1/s1. The molecule has 2 rings (SSSR count). The lowest BCUT2D eigenvalue weighted by Gasteiger charge is -2.33. The number of anilines is 1. The quantitative estimate of drug-likeness (QED) is 0.789. The van der Waals surface area contributed by atoms with Crippen LogP contribution in [0.25, 0.3) is 0 Å². The lowest BCUT2D eigenvalue weighted by molar-refractivity contribution is -0.133. The first kappa shape index (κ1) is 12.9. The summed E-state index contributed by atoms with van der Waals surface area (Å²) >= 11 is 0. The Balaban J connectivity index is 1.94. The second-order valence-electron chi connectivity index (χ2n) is 4.16. The first-order valence-corrected chi connectivity index (χ1v) is 6.11. The van der Waals surface area contributed by atoms with E-state index in [4.69, 9.17) is 9.84 Å². The van der Waals surface area contributed by atoms with Gasteiger partial charge in [-0.15, -0.1) is 0 Å². The number of carbonyl (C=O) groups excluding carboxylic acids is 1. The average Bonchev–Trinajstić information content (AvgIpc) is 2.46. The Bertz CT molecular complexity index is 383. The Labute approximate surface area is 106 Å². The van der Waals surface area contributed by atoms with E-state index in [1.54, 1.807) is 0 Å². The molecule has 5 nitrogen and oxygen atoms in total. The maximum Gasteiger partial charge on any atom is 0.251 e. The van der Waals surface area contributed by atoms with E-state index in [0.717, 1.165) is 12.2 Å². The van der Waals surface area contributed by atoms with Gasteiger partial charge < -0.3 is 20.1 Å². The molecule has 1 aromatic rings. The molecule has 1 aromatic carbocycles. The third kappa shape index (κ3) is 3.21. The normalized spacial score (nSPS) is 19.6. The molecular formula is C13H18N2O3. The smallest absolute Gasteiger partial charge is 0.251 e. The van der Waals surface area contributed by atoms with Gasteiger partial charge in [0, 0.05) is 18.8 Å². The summed E-state index contributed by atoms with van der Waals surface area (Å²) < 4.78 is 5.45. The molecular weight excluding hydrogens is 232 g/mol. The zero-order valence-electron chi connectivity index (χ0n) is 10.2. The molecule has 1 atom stereocenters. The summed E-state index contributed by atoms with van der Waals surface area (Å²) in [6.07, 6.45) is -0.467. The second kappa shape index (κ2) is 6.37. The minimum Gasteiger partial charge on any atom is -0.395 e. The zero-order chi connectivity index (χ0) is 12.8. The van der Waals surface area contributed by atoms with Gasteiger partial charge in [-0.05, 0) is 12.1 Å². The number of benzene rings is 1. The van der Waals surface area contributed by atoms with Crippen molar-refractivity contribution in [2.75, 3.05) is 37.7 Å². The van der Waals surface area contributed by atoms with E-state index in [9.17, 15) is 4.79 Å². The van der Waals surface area contributed by atoms with Crippen molar-refractivity contribution in [1.82, 2.24) is 5.32 Å². The van der Waals surface area contributed by atoms with Crippen molar-refractivity contribution in [3.63, 3.8) is 0 Å². The maximum atomic E-state index is 11.8. The fraction of sp³-hybridized carbons (Fsp3) is 0.462. The van der Waals surface area contributed by atoms with Gasteiger partial charge in [0.05, 0.1) is 19.8 Å². The summed E-state index contributed by atoms with van der Waals surface area (Å²) in [6.45, 7) is 2.08. The van der Waals surface area contributed by atoms with Crippen LogP contribution in [-0.2, 0) is 9.53 Å². The lowest BCUT2D eigenvalue weighted by atomic mass is 10.2. The molecule has 0 radical (unpaired) electrons. The molecule has 0 unspecified atom stereocenters. The van der Waals surface area contributed by atoms with Crippen LogP contribution in [0.5, 0.6) is 0 Å². The number of nitrogens with zero attached hydrogens (tertiary/aromatic N) is 1. The van der Waals surface area contributed by atoms with E-state index in [1.807, 2.05) is 30.3 Å². The molecule has 1 heterocycles. The van der Waals surface area contributed by atoms with Gasteiger partial charge in [0.2, 0.25) is 0 Å². The Morgan fingerprint density at radius 2 is 2.22 bits per heavy atom. The van der Waals surface area contributed by atoms with Crippen molar-refractivity contribution in [3.05, 3.63) is 30.3 Å². The predicted molar refractivity (Wildman–Crippen MR) is 68.5 cm³/mol. The van der Waals surface area contributed by atoms with Gasteiger partial charge in [0.1, 0.15) is 0 Å². The highest BCUT2D eigenvalue weighted by molar-refractivity contribution is 5.81. The number of hydrogen-bond acceptors (Lipinski definition) is 4. The summed E-state index contributed by atoms with van der Waals surface area (Å²) in [5.41, 5.74) is 1.10. The van der Waals surface area contributed by atoms with Gasteiger partial charge in [-0.3, -0.25) is 4.79 Å². The number of rotatable bonds is 4. The number of aliphatic hydroxyl groups is 1. The summed E-state index contributed by atoms with van der Waals surface area (Å²) in [7, 11) is 0. The molecule has 0 aliphatic carbocycles. The Hall–Kier alpha value is -1.59. The number of morpholine rings is 1. The largest absolute Gasteiger partial charge is 0.395 e. The number of hydrogen-bond donors (Lipinski definition) is 2. The van der Waals surface area contributed by atoms with E-state index in [2.05, 4.69) is 10.2 Å². The molecule has 18 heavy (non-hydrogen) atoms. The topological polar surface area (TPSA) is 61.8 Å². The third-order valence-corrected chi connectivity index (χ3v) is 2.89. The van der Waals surface area contributed by atoms with Crippen LogP contribution in [0.1, 0.15) is 0 Å². The van der Waals surface area contributed by atoms with E-state index in [1.165, 1.54) is 0 Å². The first-order chi connectivity index (χ1) is 8.81. The van der Waals surface area contributed by atoms with Crippen molar-refractivity contribution in [1.29, 1.82) is 0 Å². The summed E-state index contributed by atoms with van der Waals surface area (Å²) in [4.78, 5) is 13.9. The van der Waals surface area contributed by atoms with Gasteiger partial charge in [-0.2, -0.15) is 0 Å². The van der Waals surface area contributed by atoms with Crippen LogP contribution in [0.4, 0.5) is 5.69 Å². The maximum absolute atomic E-state index is 11.8. The fourth-order valence-electron chi connectivity index (χ4n) is 1.97. The van der Waals surface area contributed by atoms with Crippen LogP contribution >= 0.6 is 0 Å². The highest BCUT2D eigenvalue weighted by Crippen LogP contribution is 2.16. The number of amides is 1. The van der Waals surface area contributed by atoms with E-state index in [0.29, 0.717) is 13.2 Å². The number of ether oxygens (including phenoxy) is 1. The van der Waals surface area contributed by atoms with Crippen LogP contribution < -0.4 is 10.2 Å². The van der Waals surface area contributed by atoms with Gasteiger partial charge >= 0.3 is 0 Å². The third-order valence-electron chi connectivity index (χ3n) is 2.89. The average molecular weight is 250 g/mol. The highest BCUT2D eigenvalue weighted by atomic mass is 16.5. The Morgan fingerprint density at radius 1 is 1.44 bits per heavy atom. The number of para-hydroxylation sites is 1. The van der Waals surface area contributed by atoms with E-state index in [-0.39, 0.29) is 19.1 Å². The number of aliphatic hydroxyl groups excluding tert-OH is 1. The van der Waals surface area contributed by atoms with Gasteiger partial charge in [0.25, 0.3) is 5.91 Å². The van der Waals surface area contributed by atoms with Gasteiger partial charge in [-0.25, -0.2) is 0 Å². The minimum absolute atomic E-state index is 0.0547. The van der Waals surface area contributed by atoms with Crippen LogP contribution in [0, 0.1) is 0 Å². The SMILES string of the molecule is O=C(NCCO)[C@H]1CN(c2ccccc2)CCO1. The van der Waals surface area contributed by atoms with Gasteiger partial charge in [-0.1, -0.05) is 18.2 Å². The predicted octanol–water partition coefficient (Wildman–Crippen LogP) is 0.000300. The molecule has 1 amide bonds. The van der Waals surface area contributed by atoms with Crippen molar-refractivity contribution in [2.45, 2.75) is 6.10 Å². The first-order valence-electron chi connectivity index (χ1n) is 6.11. The van der Waals surface area contributed by atoms with Crippen molar-refractivity contribution in [2.24, 2.45) is 0 Å². The Morgan fingerprint density at radius 3 is 2.94 bits per heavy atom. The van der Waals surface area contributed by atoms with Crippen molar-refractivity contribution in [3.8, 4) is 0 Å². The molecule has 98 valence electrons. The fourth-order valence-corrected chi connectivity index (χ4v) is 1.97. The zero-order valence-corrected chi connectivity index (χ0v) is 10.2. The molecule has 1 aliphatic heterocycles. The molecule has 1 fully saturated rings. The molecule has 5 heteroatoms. The Kier molecular flexibility index (Phi) is 4.55. The molecule has 0 aromatic heterocycles. The lowest BCUT2D eigenvalue weighted by Crippen LogP contribution is -2.50. The van der Waals surface area contributed by atoms with E-state index < -0.39 is 6.10 Å². The van der Waals surface area contributed by atoms with Gasteiger partial charge in [0.15, 0.2) is 6.10 Å². The summed E-state index contributed by atoms with van der Waals surface area (Å²) in [5, 5.41) is 11.3. The van der Waals surface area contributed by atoms with Crippen LogP contribution in [0.3, 0.4) is 0 Å². The van der Waals surface area contributed by atoms with Crippen LogP contribution in [0.15, 0.2) is 30.3 Å². The molecule has 0 spiro atoms. The molecule has 0 bridgehead atoms. The van der Waals surface area contributed by atoms with Crippen molar-refractivity contribution >= 4 is 11.6 Å². The van der Waals surface area contributed by atoms with Crippen LogP contribution in [0.2, 0.25) is 0 Å². The monoisotopic (exact) mass is 250 g/mol. The second-order valence-corrected chi connectivity index (χ2v) is 4.16. The minimum atomic E-state index is -0.467. The number of carbonyl (C=O) groups is 1. The summed E-state index contributed by atoms with van der Waals surface area (Å²) in [5.74, 6) is -0.162. The van der Waals surface area contributed by atoms with Crippen molar-refractivity contribution < 1.29 is 14.6 Å². The molecule has 0 saturated carbocycles.